The number of benzene rings is 11. The van der Waals surface area contributed by atoms with Crippen LogP contribution in [0.25, 0.3) is 99.5 Å². The van der Waals surface area contributed by atoms with Crippen molar-refractivity contribution in [1.82, 2.24) is 9.13 Å². The van der Waals surface area contributed by atoms with Gasteiger partial charge in [0.25, 0.3) is 0 Å². The molecule has 13 aromatic rings. The molecule has 0 aliphatic heterocycles. The van der Waals surface area contributed by atoms with Crippen molar-refractivity contribution in [2.24, 2.45) is 0 Å². The number of hydrogen-bond acceptors (Lipinski definition) is 0. The lowest BCUT2D eigenvalue weighted by Gasteiger charge is -2.34. The largest absolute Gasteiger partial charge is 0.309 e. The van der Waals surface area contributed by atoms with Crippen molar-refractivity contribution < 1.29 is 0 Å². The van der Waals surface area contributed by atoms with E-state index in [9.17, 15) is 0 Å². The van der Waals surface area contributed by atoms with Gasteiger partial charge in [-0.25, -0.2) is 0 Å². The Kier molecular flexibility index (Phi) is 9.30. The monoisotopic (exact) mass is 954 g/mol. The van der Waals surface area contributed by atoms with Gasteiger partial charge in [0.05, 0.1) is 27.5 Å². The summed E-state index contributed by atoms with van der Waals surface area (Å²) in [4.78, 5) is 0. The number of fused-ring (bicyclic) bond motifs is 9. The summed E-state index contributed by atoms with van der Waals surface area (Å²) in [6.45, 7) is 0. The van der Waals surface area contributed by atoms with Crippen molar-refractivity contribution >= 4 is 59.5 Å². The van der Waals surface area contributed by atoms with Crippen molar-refractivity contribution in [2.45, 2.75) is 5.41 Å². The number of para-hydroxylation sites is 3. The average Bonchev–Trinajstić information content (AvgIpc) is 4.05. The number of hydrogen-bond donors (Lipinski definition) is 0. The zero-order valence-electron chi connectivity index (χ0n) is 38.1. The van der Waals surface area contributed by atoms with E-state index in [4.69, 9.17) is 0 Å². The molecule has 2 aromatic heterocycles. The molecule has 0 atom stereocenters. The zero-order valence-corrected chi connectivity index (χ0v) is 39.7. The Morgan fingerprint density at radius 3 is 1.30 bits per heavy atom. The minimum absolute atomic E-state index is 0.489. The highest BCUT2D eigenvalue weighted by Gasteiger charge is 2.46. The van der Waals surface area contributed by atoms with Gasteiger partial charge in [-0.05, 0) is 158 Å². The van der Waals surface area contributed by atoms with Crippen LogP contribution in [0.15, 0.2) is 265 Å². The molecule has 70 heavy (non-hydrogen) atoms. The Morgan fingerprint density at radius 2 is 0.714 bits per heavy atom. The molecule has 0 saturated carbocycles. The first-order valence-electron chi connectivity index (χ1n) is 24.0. The first-order chi connectivity index (χ1) is 34.6. The van der Waals surface area contributed by atoms with Crippen LogP contribution in [0.2, 0.25) is 0 Å². The second-order valence-corrected chi connectivity index (χ2v) is 19.5. The van der Waals surface area contributed by atoms with E-state index in [0.717, 1.165) is 15.8 Å². The Morgan fingerprint density at radius 1 is 0.271 bits per heavy atom. The van der Waals surface area contributed by atoms with Crippen LogP contribution in [-0.2, 0) is 5.41 Å². The molecule has 14 rings (SSSR count). The highest BCUT2D eigenvalue weighted by Crippen LogP contribution is 2.56. The van der Waals surface area contributed by atoms with Gasteiger partial charge >= 0.3 is 0 Å². The van der Waals surface area contributed by atoms with Gasteiger partial charge < -0.3 is 9.13 Å². The van der Waals surface area contributed by atoms with Crippen LogP contribution in [0, 0.1) is 0 Å². The van der Waals surface area contributed by atoms with E-state index in [1.165, 1.54) is 110 Å². The summed E-state index contributed by atoms with van der Waals surface area (Å²) in [5, 5.41) is 4.93. The lowest BCUT2D eigenvalue weighted by molar-refractivity contribution is 0.767. The number of rotatable bonds is 7. The fraction of sp³-hybridized carbons (Fsp3) is 0.0149. The summed E-state index contributed by atoms with van der Waals surface area (Å²) in [6.07, 6.45) is 0. The predicted octanol–water partition coefficient (Wildman–Crippen LogP) is 18.0. The van der Waals surface area contributed by atoms with Crippen LogP contribution in [-0.4, -0.2) is 9.13 Å². The summed E-state index contributed by atoms with van der Waals surface area (Å²) >= 11 is 3.69. The molecule has 0 saturated heterocycles. The molecule has 1 aliphatic carbocycles. The van der Waals surface area contributed by atoms with Gasteiger partial charge in [-0.3, -0.25) is 0 Å². The number of nitrogens with zero attached hydrogens (tertiary/aromatic N) is 2. The maximum Gasteiger partial charge on any atom is 0.0714 e. The van der Waals surface area contributed by atoms with Gasteiger partial charge in [0.2, 0.25) is 0 Å². The highest BCUT2D eigenvalue weighted by molar-refractivity contribution is 9.10. The van der Waals surface area contributed by atoms with Crippen molar-refractivity contribution in [3.63, 3.8) is 0 Å². The smallest absolute Gasteiger partial charge is 0.0714 e. The van der Waals surface area contributed by atoms with Gasteiger partial charge in [0.1, 0.15) is 0 Å². The maximum atomic E-state index is 3.69. The van der Waals surface area contributed by atoms with Crippen molar-refractivity contribution in [3.05, 3.63) is 288 Å². The van der Waals surface area contributed by atoms with Gasteiger partial charge in [0.15, 0.2) is 0 Å². The normalized spacial score (nSPS) is 12.8. The summed E-state index contributed by atoms with van der Waals surface area (Å²) in [5.74, 6) is 0. The molecule has 328 valence electrons. The molecule has 0 radical (unpaired) electrons. The molecule has 2 nitrogen and oxygen atoms in total. The number of aromatic nitrogens is 2. The van der Waals surface area contributed by atoms with E-state index in [2.05, 4.69) is 286 Å². The molecule has 1 aliphatic rings. The summed E-state index contributed by atoms with van der Waals surface area (Å²) in [6, 6.07) is 96.5. The van der Waals surface area contributed by atoms with Gasteiger partial charge in [-0.2, -0.15) is 0 Å². The van der Waals surface area contributed by atoms with Crippen LogP contribution in [0.1, 0.15) is 22.3 Å². The summed E-state index contributed by atoms with van der Waals surface area (Å²) < 4.78 is 5.92. The predicted molar refractivity (Wildman–Crippen MR) is 296 cm³/mol. The molecule has 0 bridgehead atoms. The highest BCUT2D eigenvalue weighted by atomic mass is 79.9. The number of halogens is 1. The standard InChI is InChI=1S/C67H43BrN2/c68-52-32-28-44(29-33-52)47-38-48(45-30-36-65-59(41-45)57-23-11-14-26-63(57)69(65)53-20-8-3-9-21-53)40-49(39-47)46-31-37-66-60(42-46)58-24-12-15-27-64(58)70(66)54-34-35-56-55-22-10-13-25-61(55)67(62(56)43-54,50-16-4-1-5-17-50)51-18-6-2-7-19-51/h1-43H. The molecule has 11 aromatic carbocycles. The third kappa shape index (κ3) is 6.18. The van der Waals surface area contributed by atoms with E-state index in [0.29, 0.717) is 0 Å². The average molecular weight is 956 g/mol. The quantitative estimate of drug-likeness (QED) is 0.151. The Balaban J connectivity index is 0.952. The van der Waals surface area contributed by atoms with Crippen LogP contribution in [0.4, 0.5) is 0 Å². The minimum Gasteiger partial charge on any atom is -0.309 e. The summed E-state index contributed by atoms with van der Waals surface area (Å²) in [5.41, 5.74) is 21.3. The first kappa shape index (κ1) is 40.6. The fourth-order valence-electron chi connectivity index (χ4n) is 11.8. The van der Waals surface area contributed by atoms with Crippen LogP contribution in [0.5, 0.6) is 0 Å². The lowest BCUT2D eigenvalue weighted by atomic mass is 9.67. The second kappa shape index (κ2) is 16.1. The molecule has 0 unspecified atom stereocenters. The topological polar surface area (TPSA) is 9.86 Å². The van der Waals surface area contributed by atoms with Crippen LogP contribution < -0.4 is 0 Å². The maximum absolute atomic E-state index is 3.69. The Hall–Kier alpha value is -8.50. The fourth-order valence-corrected chi connectivity index (χ4v) is 12.0. The second-order valence-electron chi connectivity index (χ2n) is 18.6. The molecule has 0 amide bonds. The van der Waals surface area contributed by atoms with Crippen molar-refractivity contribution in [1.29, 1.82) is 0 Å². The lowest BCUT2D eigenvalue weighted by Crippen LogP contribution is -2.28. The zero-order chi connectivity index (χ0) is 46.3. The van der Waals surface area contributed by atoms with Gasteiger partial charge in [-0.1, -0.05) is 186 Å². The molecular formula is C67H43BrN2. The van der Waals surface area contributed by atoms with Crippen molar-refractivity contribution in [2.75, 3.05) is 0 Å². The molecule has 0 fully saturated rings. The third-order valence-electron chi connectivity index (χ3n) is 14.8. The third-order valence-corrected chi connectivity index (χ3v) is 15.4. The van der Waals surface area contributed by atoms with E-state index >= 15 is 0 Å². The minimum atomic E-state index is -0.489. The molecule has 0 N–H and O–H groups in total. The first-order valence-corrected chi connectivity index (χ1v) is 24.8. The summed E-state index contributed by atoms with van der Waals surface area (Å²) in [7, 11) is 0. The molecule has 0 spiro atoms. The van der Waals surface area contributed by atoms with Gasteiger partial charge in [0, 0.05) is 37.4 Å². The molecule has 3 heteroatoms. The van der Waals surface area contributed by atoms with Crippen molar-refractivity contribution in [3.8, 4) is 55.9 Å². The van der Waals surface area contributed by atoms with Gasteiger partial charge in [-0.15, -0.1) is 0 Å². The Labute approximate surface area is 415 Å². The van der Waals surface area contributed by atoms with E-state index in [1.54, 1.807) is 0 Å². The molecule has 2 heterocycles. The van der Waals surface area contributed by atoms with Crippen LogP contribution in [0.3, 0.4) is 0 Å². The van der Waals surface area contributed by atoms with Crippen LogP contribution >= 0.6 is 15.9 Å². The van der Waals surface area contributed by atoms with E-state index < -0.39 is 5.41 Å². The van der Waals surface area contributed by atoms with E-state index in [-0.39, 0.29) is 0 Å². The SMILES string of the molecule is Brc1ccc(-c2cc(-c3ccc4c(c3)c3ccccc3n4-c3ccccc3)cc(-c3ccc4c(c3)c3ccccc3n4-c3ccc4c(c3)C(c3ccccc3)(c3ccccc3)c3ccccc3-4)c2)cc1. The Bertz CT molecular complexity index is 4130. The molecular weight excluding hydrogens is 913 g/mol. The van der Waals surface area contributed by atoms with E-state index in [1.807, 2.05) is 0 Å².